The summed E-state index contributed by atoms with van der Waals surface area (Å²) in [7, 11) is 1.94. The van der Waals surface area contributed by atoms with Gasteiger partial charge < -0.3 is 35.3 Å². The number of aliphatic hydroxyl groups is 2. The number of carboxylic acid groups (broad SMARTS) is 1. The van der Waals surface area contributed by atoms with Gasteiger partial charge in [-0.1, -0.05) is 12.8 Å². The van der Waals surface area contributed by atoms with Crippen LogP contribution in [0, 0.1) is 0 Å². The average molecular weight is 585 g/mol. The predicted molar refractivity (Wildman–Crippen MR) is 148 cm³/mol. The van der Waals surface area contributed by atoms with Crippen molar-refractivity contribution in [1.82, 2.24) is 49.3 Å². The highest BCUT2D eigenvalue weighted by Crippen LogP contribution is 2.39. The first-order chi connectivity index (χ1) is 20.3. The van der Waals surface area contributed by atoms with E-state index in [2.05, 4.69) is 36.0 Å². The maximum atomic E-state index is 11.0. The van der Waals surface area contributed by atoms with E-state index in [1.165, 1.54) is 17.6 Å². The third-order valence-corrected chi connectivity index (χ3v) is 7.21. The van der Waals surface area contributed by atoms with Crippen LogP contribution in [0.25, 0.3) is 11.2 Å². The number of carbonyl (C=O) groups is 1. The maximum absolute atomic E-state index is 11.0. The van der Waals surface area contributed by atoms with Crippen LogP contribution < -0.4 is 10.6 Å². The monoisotopic (exact) mass is 584 g/mol. The molecule has 4 aromatic rings. The number of aryl methyl sites for hydroxylation is 1. The Bertz CT molecular complexity index is 1480. The Morgan fingerprint density at radius 3 is 2.57 bits per heavy atom. The van der Waals surface area contributed by atoms with Gasteiger partial charge in [0.1, 0.15) is 12.2 Å². The number of hydrogen-bond acceptors (Lipinski definition) is 13. The number of aromatic nitrogens is 10. The van der Waals surface area contributed by atoms with Gasteiger partial charge in [-0.05, 0) is 31.9 Å². The molecule has 4 atom stereocenters. The normalized spacial score (nSPS) is 22.4. The lowest BCUT2D eigenvalue weighted by atomic mass is 10.1. The van der Waals surface area contributed by atoms with Crippen LogP contribution in [0.2, 0.25) is 0 Å². The number of rotatable bonds is 9. The first-order valence-corrected chi connectivity index (χ1v) is 13.9. The zero-order valence-corrected chi connectivity index (χ0v) is 23.6. The van der Waals surface area contributed by atoms with Gasteiger partial charge in [-0.3, -0.25) is 9.36 Å². The van der Waals surface area contributed by atoms with E-state index in [1.54, 1.807) is 17.2 Å². The highest BCUT2D eigenvalue weighted by atomic mass is 16.6. The van der Waals surface area contributed by atoms with Gasteiger partial charge in [0.2, 0.25) is 11.8 Å². The highest BCUT2D eigenvalue weighted by molar-refractivity contribution is 5.84. The summed E-state index contributed by atoms with van der Waals surface area (Å²) in [6.07, 6.45) is 6.04. The number of anilines is 2. The number of fused-ring (bicyclic) bond motifs is 1. The number of ether oxygens (including phenoxy) is 1. The standard InChI is InChI=1S/C24H34N12O3.CH2O2/c1-13(2)36-32-21(31-33-36)19-17(37)18(38)23(39-19)35-12-27-16-20(28-14-6-4-5-7-14)29-24(30-22(16)35)25-9-8-15-10-34(3)11-26-15;2-1-3/h10-14,17-19,23,37-38H,4-9H2,1-3H3,(H2,25,28,29,30);1H,(H,2,3)/t17-,18+,19-,23+;/m0./s1. The lowest BCUT2D eigenvalue weighted by molar-refractivity contribution is -0.122. The van der Waals surface area contributed by atoms with E-state index in [-0.39, 0.29) is 18.3 Å². The molecule has 2 aliphatic rings. The minimum absolute atomic E-state index is 0.00538. The van der Waals surface area contributed by atoms with Crippen molar-refractivity contribution >= 4 is 29.4 Å². The number of aliphatic hydroxyl groups excluding tert-OH is 2. The quantitative estimate of drug-likeness (QED) is 0.172. The Morgan fingerprint density at radius 1 is 1.14 bits per heavy atom. The van der Waals surface area contributed by atoms with Crippen molar-refractivity contribution in [2.75, 3.05) is 17.2 Å². The number of hydrogen-bond donors (Lipinski definition) is 5. The summed E-state index contributed by atoms with van der Waals surface area (Å²) < 4.78 is 9.64. The second kappa shape index (κ2) is 12.7. The van der Waals surface area contributed by atoms with E-state index in [0.717, 1.165) is 18.5 Å². The van der Waals surface area contributed by atoms with Gasteiger partial charge in [-0.2, -0.15) is 14.8 Å². The zero-order chi connectivity index (χ0) is 29.8. The van der Waals surface area contributed by atoms with Gasteiger partial charge in [0, 0.05) is 32.3 Å². The van der Waals surface area contributed by atoms with E-state index < -0.39 is 24.5 Å². The van der Waals surface area contributed by atoms with Crippen LogP contribution >= 0.6 is 0 Å². The van der Waals surface area contributed by atoms with Crippen molar-refractivity contribution in [3.63, 3.8) is 0 Å². The van der Waals surface area contributed by atoms with Gasteiger partial charge in [-0.25, -0.2) is 9.97 Å². The number of nitrogens with zero attached hydrogens (tertiary/aromatic N) is 10. The van der Waals surface area contributed by atoms with E-state index >= 15 is 0 Å². The smallest absolute Gasteiger partial charge is 0.290 e. The molecule has 0 amide bonds. The first-order valence-electron chi connectivity index (χ1n) is 13.9. The molecule has 4 aromatic heterocycles. The molecular weight excluding hydrogens is 548 g/mol. The summed E-state index contributed by atoms with van der Waals surface area (Å²) in [6, 6.07) is 0.304. The molecule has 1 aliphatic carbocycles. The molecule has 42 heavy (non-hydrogen) atoms. The van der Waals surface area contributed by atoms with E-state index in [1.807, 2.05) is 31.7 Å². The van der Waals surface area contributed by atoms with Gasteiger partial charge >= 0.3 is 0 Å². The Labute approximate surface area is 241 Å². The van der Waals surface area contributed by atoms with E-state index in [4.69, 9.17) is 24.6 Å². The molecule has 226 valence electrons. The molecule has 1 saturated carbocycles. The molecule has 5 N–H and O–H groups in total. The fourth-order valence-corrected chi connectivity index (χ4v) is 5.12. The van der Waals surface area contributed by atoms with Crippen molar-refractivity contribution in [2.24, 2.45) is 7.05 Å². The lowest BCUT2D eigenvalue weighted by Gasteiger charge is -2.18. The molecule has 0 aromatic carbocycles. The SMILES string of the molecule is CC(C)n1nnc([C@H]2O[C@@H](n3cnc4c(NC5CCCC5)nc(NCCc5cn(C)cn5)nc43)[C@H](O)[C@@H]2O)n1.O=CO. The number of tetrazole rings is 1. The molecule has 0 spiro atoms. The van der Waals surface area contributed by atoms with Crippen molar-refractivity contribution in [1.29, 1.82) is 0 Å². The summed E-state index contributed by atoms with van der Waals surface area (Å²) in [5.74, 6) is 1.25. The molecule has 5 heterocycles. The molecule has 17 nitrogen and oxygen atoms in total. The molecule has 2 fully saturated rings. The fourth-order valence-electron chi connectivity index (χ4n) is 5.12. The third-order valence-electron chi connectivity index (χ3n) is 7.21. The van der Waals surface area contributed by atoms with Gasteiger partial charge in [0.25, 0.3) is 6.47 Å². The van der Waals surface area contributed by atoms with Gasteiger partial charge in [0.05, 0.1) is 24.4 Å². The van der Waals surface area contributed by atoms with Crippen molar-refractivity contribution in [2.45, 2.75) is 82.6 Å². The Hall–Kier alpha value is -4.22. The molecular formula is C25H36N12O5. The zero-order valence-electron chi connectivity index (χ0n) is 23.6. The number of nitrogens with one attached hydrogen (secondary N) is 2. The Morgan fingerprint density at radius 2 is 1.90 bits per heavy atom. The van der Waals surface area contributed by atoms with Crippen LogP contribution in [-0.4, -0.2) is 95.9 Å². The van der Waals surface area contributed by atoms with Crippen LogP contribution in [0.1, 0.15) is 69.4 Å². The van der Waals surface area contributed by atoms with E-state index in [9.17, 15) is 10.2 Å². The largest absolute Gasteiger partial charge is 0.483 e. The minimum Gasteiger partial charge on any atom is -0.483 e. The van der Waals surface area contributed by atoms with Gasteiger partial charge in [0.15, 0.2) is 29.3 Å². The van der Waals surface area contributed by atoms with E-state index in [0.29, 0.717) is 41.9 Å². The molecule has 6 rings (SSSR count). The summed E-state index contributed by atoms with van der Waals surface area (Å²) in [5, 5.41) is 47.9. The number of imidazole rings is 2. The van der Waals surface area contributed by atoms with Crippen LogP contribution in [0.15, 0.2) is 18.9 Å². The van der Waals surface area contributed by atoms with Crippen molar-refractivity contribution < 1.29 is 24.9 Å². The average Bonchev–Trinajstić information content (AvgIpc) is 3.78. The summed E-state index contributed by atoms with van der Waals surface area (Å²) in [4.78, 5) is 28.2. The molecule has 1 saturated heterocycles. The molecule has 0 unspecified atom stereocenters. The second-order valence-electron chi connectivity index (χ2n) is 10.6. The summed E-state index contributed by atoms with van der Waals surface area (Å²) in [6.45, 7) is 4.18. The third kappa shape index (κ3) is 6.17. The lowest BCUT2D eigenvalue weighted by Crippen LogP contribution is -2.29. The maximum Gasteiger partial charge on any atom is 0.290 e. The first kappa shape index (κ1) is 29.3. The predicted octanol–water partition coefficient (Wildman–Crippen LogP) is 0.829. The van der Waals surface area contributed by atoms with Crippen molar-refractivity contribution in [3.8, 4) is 0 Å². The molecule has 0 radical (unpaired) electrons. The Kier molecular flexibility index (Phi) is 8.89. The van der Waals surface area contributed by atoms with Gasteiger partial charge in [-0.15, -0.1) is 10.2 Å². The molecule has 1 aliphatic heterocycles. The van der Waals surface area contributed by atoms with Crippen molar-refractivity contribution in [3.05, 3.63) is 30.4 Å². The summed E-state index contributed by atoms with van der Waals surface area (Å²) >= 11 is 0. The highest BCUT2D eigenvalue weighted by Gasteiger charge is 2.47. The second-order valence-corrected chi connectivity index (χ2v) is 10.6. The molecule has 0 bridgehead atoms. The fraction of sp³-hybridized carbons (Fsp3) is 0.600. The topological polar surface area (TPSA) is 216 Å². The summed E-state index contributed by atoms with van der Waals surface area (Å²) in [5.41, 5.74) is 2.00. The van der Waals surface area contributed by atoms with Crippen LogP contribution in [0.4, 0.5) is 11.8 Å². The molecule has 17 heteroatoms. The minimum atomic E-state index is -1.26. The van der Waals surface area contributed by atoms with Crippen LogP contribution in [0.3, 0.4) is 0 Å². The van der Waals surface area contributed by atoms with Crippen LogP contribution in [0.5, 0.6) is 0 Å². The van der Waals surface area contributed by atoms with Crippen LogP contribution in [-0.2, 0) is 23.0 Å². The Balaban J connectivity index is 0.00000113.